The van der Waals surface area contributed by atoms with Crippen molar-refractivity contribution in [3.05, 3.63) is 25.4 Å². The third-order valence-electron chi connectivity index (χ3n) is 3.51. The van der Waals surface area contributed by atoms with E-state index in [1.165, 1.54) is 6.42 Å². The highest BCUT2D eigenvalue weighted by Crippen LogP contribution is 2.34. The highest BCUT2D eigenvalue weighted by atomic mass is 127. The maximum atomic E-state index is 12.6. The molecule has 0 heterocycles. The van der Waals surface area contributed by atoms with E-state index in [2.05, 4.69) is 45.2 Å². The predicted molar refractivity (Wildman–Crippen MR) is 117 cm³/mol. The van der Waals surface area contributed by atoms with Crippen molar-refractivity contribution in [2.75, 3.05) is 0 Å². The zero-order chi connectivity index (χ0) is 16.4. The summed E-state index contributed by atoms with van der Waals surface area (Å²) in [6.45, 7) is 0. The van der Waals surface area contributed by atoms with Gasteiger partial charge in [-0.2, -0.15) is 0 Å². The van der Waals surface area contributed by atoms with Crippen molar-refractivity contribution >= 4 is 102 Å². The fraction of sp³-hybridized carbons (Fsp3) is 0.429. The summed E-state index contributed by atoms with van der Waals surface area (Å²) >= 11 is 8.28. The second kappa shape index (κ2) is 8.45. The average molecular weight is 752 g/mol. The number of aromatic carboxylic acids is 1. The Morgan fingerprint density at radius 3 is 1.86 bits per heavy atom. The molecule has 4 nitrogen and oxygen atoms in total. The molecule has 22 heavy (non-hydrogen) atoms. The van der Waals surface area contributed by atoms with E-state index in [9.17, 15) is 14.7 Å². The van der Waals surface area contributed by atoms with E-state index >= 15 is 0 Å². The first-order valence-corrected chi connectivity index (χ1v) is 11.0. The van der Waals surface area contributed by atoms with Gasteiger partial charge in [0.1, 0.15) is 6.10 Å². The number of carbonyl (C=O) groups is 2. The second-order valence-corrected chi connectivity index (χ2v) is 9.29. The fourth-order valence-electron chi connectivity index (χ4n) is 2.42. The van der Waals surface area contributed by atoms with Crippen molar-refractivity contribution < 1.29 is 19.4 Å². The molecule has 1 N–H and O–H groups in total. The number of esters is 1. The fourth-order valence-corrected chi connectivity index (χ4v) is 6.06. The number of carboxylic acids is 1. The van der Waals surface area contributed by atoms with Gasteiger partial charge in [0.25, 0.3) is 0 Å². The topological polar surface area (TPSA) is 63.6 Å². The predicted octanol–water partition coefficient (Wildman–Crippen LogP) is 5.29. The minimum Gasteiger partial charge on any atom is -0.478 e. The van der Waals surface area contributed by atoms with Crippen LogP contribution < -0.4 is 0 Å². The Morgan fingerprint density at radius 1 is 0.864 bits per heavy atom. The van der Waals surface area contributed by atoms with Gasteiger partial charge in [-0.3, -0.25) is 0 Å². The summed E-state index contributed by atoms with van der Waals surface area (Å²) in [5, 5.41) is 9.52. The first-order chi connectivity index (χ1) is 10.3. The number of carbonyl (C=O) groups excluding carboxylic acids is 1. The minimum absolute atomic E-state index is 0.0515. The van der Waals surface area contributed by atoms with Gasteiger partial charge in [0.15, 0.2) is 0 Å². The number of halogens is 4. The number of rotatable bonds is 3. The Hall–Kier alpha value is 1.08. The summed E-state index contributed by atoms with van der Waals surface area (Å²) in [7, 11) is 0. The molecule has 0 spiro atoms. The van der Waals surface area contributed by atoms with Gasteiger partial charge < -0.3 is 9.84 Å². The Labute approximate surface area is 183 Å². The van der Waals surface area contributed by atoms with E-state index in [0.717, 1.165) is 32.8 Å². The van der Waals surface area contributed by atoms with Crippen molar-refractivity contribution in [1.29, 1.82) is 0 Å². The first-order valence-electron chi connectivity index (χ1n) is 6.64. The lowest BCUT2D eigenvalue weighted by molar-refractivity contribution is 0.0205. The summed E-state index contributed by atoms with van der Waals surface area (Å²) in [5.41, 5.74) is 0.239. The van der Waals surface area contributed by atoms with Crippen LogP contribution in [-0.2, 0) is 4.74 Å². The molecule has 0 bridgehead atoms. The van der Waals surface area contributed by atoms with E-state index < -0.39 is 11.9 Å². The molecule has 1 aromatic rings. The molecule has 0 radical (unpaired) electrons. The van der Waals surface area contributed by atoms with Crippen molar-refractivity contribution in [2.24, 2.45) is 0 Å². The lowest BCUT2D eigenvalue weighted by atomic mass is 9.97. The van der Waals surface area contributed by atoms with E-state index in [4.69, 9.17) is 4.74 Å². The minimum atomic E-state index is -1.09. The van der Waals surface area contributed by atoms with Gasteiger partial charge in [0.2, 0.25) is 0 Å². The molecule has 0 aliphatic heterocycles. The third kappa shape index (κ3) is 4.18. The van der Waals surface area contributed by atoms with Gasteiger partial charge in [-0.25, -0.2) is 9.59 Å². The normalized spacial score (nSPS) is 15.6. The van der Waals surface area contributed by atoms with Crippen molar-refractivity contribution in [3.63, 3.8) is 0 Å². The first kappa shape index (κ1) is 19.4. The number of carboxylic acid groups (broad SMARTS) is 1. The molecule has 1 saturated carbocycles. The monoisotopic (exact) mass is 752 g/mol. The van der Waals surface area contributed by atoms with Crippen LogP contribution in [0.2, 0.25) is 0 Å². The Balaban J connectivity index is 2.44. The SMILES string of the molecule is O=C(O)c1c(I)c(I)c(I)c(I)c1C(=O)OC1CCCCC1. The second-order valence-electron chi connectivity index (χ2n) is 4.98. The van der Waals surface area contributed by atoms with Crippen LogP contribution in [-0.4, -0.2) is 23.1 Å². The lowest BCUT2D eigenvalue weighted by Gasteiger charge is -2.23. The van der Waals surface area contributed by atoms with E-state index in [-0.39, 0.29) is 17.2 Å². The molecule has 2 rings (SSSR count). The maximum Gasteiger partial charge on any atom is 0.340 e. The number of hydrogen-bond donors (Lipinski definition) is 1. The maximum absolute atomic E-state index is 12.6. The van der Waals surface area contributed by atoms with Crippen LogP contribution in [0.15, 0.2) is 0 Å². The Bertz CT molecular complexity index is 624. The molecule has 0 unspecified atom stereocenters. The molecule has 1 aliphatic rings. The average Bonchev–Trinajstić information content (AvgIpc) is 2.49. The highest BCUT2D eigenvalue weighted by Gasteiger charge is 2.30. The van der Waals surface area contributed by atoms with Gasteiger partial charge in [0.05, 0.1) is 11.1 Å². The quantitative estimate of drug-likeness (QED) is 0.198. The Morgan fingerprint density at radius 2 is 1.36 bits per heavy atom. The number of hydrogen-bond acceptors (Lipinski definition) is 3. The van der Waals surface area contributed by atoms with Crippen molar-refractivity contribution in [2.45, 2.75) is 38.2 Å². The van der Waals surface area contributed by atoms with Crippen LogP contribution in [0.3, 0.4) is 0 Å². The molecular formula is C14H12I4O4. The molecule has 1 aliphatic carbocycles. The molecule has 0 aromatic heterocycles. The molecule has 1 fully saturated rings. The van der Waals surface area contributed by atoms with Crippen LogP contribution in [0.1, 0.15) is 52.8 Å². The summed E-state index contributed by atoms with van der Waals surface area (Å²) in [6, 6.07) is 0. The van der Waals surface area contributed by atoms with Gasteiger partial charge in [-0.05, 0) is 116 Å². The Kier molecular flexibility index (Phi) is 7.45. The van der Waals surface area contributed by atoms with E-state index in [1.54, 1.807) is 0 Å². The largest absolute Gasteiger partial charge is 0.478 e. The molecule has 120 valence electrons. The number of benzene rings is 1. The van der Waals surface area contributed by atoms with Crippen molar-refractivity contribution in [1.82, 2.24) is 0 Å². The van der Waals surface area contributed by atoms with Crippen molar-refractivity contribution in [3.8, 4) is 0 Å². The molecule has 0 saturated heterocycles. The molecular weight excluding hydrogens is 740 g/mol. The van der Waals surface area contributed by atoms with Crippen LogP contribution >= 0.6 is 90.4 Å². The molecule has 0 amide bonds. The van der Waals surface area contributed by atoms with Crippen LogP contribution in [0.25, 0.3) is 0 Å². The van der Waals surface area contributed by atoms with Gasteiger partial charge >= 0.3 is 11.9 Å². The smallest absolute Gasteiger partial charge is 0.340 e. The van der Waals surface area contributed by atoms with E-state index in [1.807, 2.05) is 45.2 Å². The lowest BCUT2D eigenvalue weighted by Crippen LogP contribution is -2.24. The molecule has 8 heteroatoms. The molecule has 1 aromatic carbocycles. The van der Waals surface area contributed by atoms with E-state index in [0.29, 0.717) is 7.14 Å². The highest BCUT2D eigenvalue weighted by molar-refractivity contribution is 14.1. The van der Waals surface area contributed by atoms with Gasteiger partial charge in [0, 0.05) is 14.3 Å². The van der Waals surface area contributed by atoms with Gasteiger partial charge in [-0.1, -0.05) is 6.42 Å². The summed E-state index contributed by atoms with van der Waals surface area (Å²) < 4.78 is 8.57. The summed E-state index contributed by atoms with van der Waals surface area (Å²) in [6.07, 6.45) is 4.93. The third-order valence-corrected chi connectivity index (χ3v) is 10.9. The van der Waals surface area contributed by atoms with Crippen LogP contribution in [0.4, 0.5) is 0 Å². The summed E-state index contributed by atoms with van der Waals surface area (Å²) in [5.74, 6) is -1.60. The number of ether oxygens (including phenoxy) is 1. The van der Waals surface area contributed by atoms with Crippen LogP contribution in [0, 0.1) is 14.3 Å². The standard InChI is InChI=1S/C14H12I4O4/c15-9-7(13(19)20)8(10(16)12(18)11(9)17)14(21)22-6-4-2-1-3-5-6/h6H,1-5H2,(H,19,20). The zero-order valence-corrected chi connectivity index (χ0v) is 19.9. The van der Waals surface area contributed by atoms with Crippen LogP contribution in [0.5, 0.6) is 0 Å². The van der Waals surface area contributed by atoms with Gasteiger partial charge in [-0.15, -0.1) is 0 Å². The zero-order valence-electron chi connectivity index (χ0n) is 11.3. The molecule has 0 atom stereocenters. The summed E-state index contributed by atoms with van der Waals surface area (Å²) in [4.78, 5) is 24.2.